The molecule has 0 bridgehead atoms. The molecule has 0 radical (unpaired) electrons. The van der Waals surface area contributed by atoms with Crippen LogP contribution in [0.1, 0.15) is 6.92 Å². The summed E-state index contributed by atoms with van der Waals surface area (Å²) in [5.74, 6) is 3.27. The smallest absolute Gasteiger partial charge is 0.298 e. The van der Waals surface area contributed by atoms with Crippen molar-refractivity contribution < 1.29 is 4.79 Å². The molecule has 70 valence electrons. The molecule has 3 unspecified atom stereocenters. The maximum absolute atomic E-state index is 11.3. The molecule has 2 aliphatic rings. The van der Waals surface area contributed by atoms with E-state index in [1.807, 2.05) is 4.90 Å². The van der Waals surface area contributed by atoms with Gasteiger partial charge in [0.15, 0.2) is 0 Å². The Balaban J connectivity index is 2.11. The second kappa shape index (κ2) is 3.04. The summed E-state index contributed by atoms with van der Waals surface area (Å²) in [6.07, 6.45) is 5.11. The minimum Gasteiger partial charge on any atom is -0.329 e. The Morgan fingerprint density at radius 1 is 1.62 bits per heavy atom. The van der Waals surface area contributed by atoms with Crippen LogP contribution in [0.3, 0.4) is 0 Å². The molecular formula is C10H14N2O. The van der Waals surface area contributed by atoms with Gasteiger partial charge in [0.2, 0.25) is 0 Å². The van der Waals surface area contributed by atoms with Gasteiger partial charge >= 0.3 is 0 Å². The summed E-state index contributed by atoms with van der Waals surface area (Å²) in [6.45, 7) is 4.98. The topological polar surface area (TPSA) is 32.3 Å². The molecule has 3 nitrogen and oxygen atoms in total. The number of fused-ring (bicyclic) bond motifs is 1. The Bertz CT molecular complexity index is 269. The molecule has 0 spiro atoms. The van der Waals surface area contributed by atoms with Gasteiger partial charge < -0.3 is 10.2 Å². The minimum atomic E-state index is -0.151. The lowest BCUT2D eigenvalue weighted by Gasteiger charge is -2.21. The summed E-state index contributed by atoms with van der Waals surface area (Å²) in [7, 11) is 0. The monoisotopic (exact) mass is 178 g/mol. The highest BCUT2D eigenvalue weighted by Gasteiger charge is 2.43. The highest BCUT2D eigenvalue weighted by Crippen LogP contribution is 2.31. The molecule has 0 saturated carbocycles. The first-order valence-electron chi connectivity index (χ1n) is 4.72. The molecule has 2 aliphatic heterocycles. The summed E-state index contributed by atoms with van der Waals surface area (Å²) in [5.41, 5.74) is 0. The van der Waals surface area contributed by atoms with E-state index < -0.39 is 0 Å². The molecule has 2 rings (SSSR count). The van der Waals surface area contributed by atoms with Crippen molar-refractivity contribution >= 4 is 5.91 Å². The van der Waals surface area contributed by atoms with E-state index in [-0.39, 0.29) is 5.91 Å². The van der Waals surface area contributed by atoms with Gasteiger partial charge in [-0.15, -0.1) is 6.42 Å². The summed E-state index contributed by atoms with van der Waals surface area (Å²) in [4.78, 5) is 13.2. The van der Waals surface area contributed by atoms with Gasteiger partial charge in [0.1, 0.15) is 0 Å². The van der Waals surface area contributed by atoms with Gasteiger partial charge in [-0.3, -0.25) is 4.79 Å². The fourth-order valence-electron chi connectivity index (χ4n) is 2.52. The molecule has 0 aromatic carbocycles. The highest BCUT2D eigenvalue weighted by atomic mass is 16.2. The number of carbonyl (C=O) groups is 1. The zero-order valence-corrected chi connectivity index (χ0v) is 7.79. The number of likely N-dealkylation sites (tertiary alicyclic amines) is 1. The van der Waals surface area contributed by atoms with Crippen molar-refractivity contribution in [2.24, 2.45) is 11.8 Å². The number of nitrogens with zero attached hydrogens (tertiary/aromatic N) is 1. The van der Waals surface area contributed by atoms with Crippen molar-refractivity contribution in [1.29, 1.82) is 0 Å². The first-order valence-corrected chi connectivity index (χ1v) is 4.72. The van der Waals surface area contributed by atoms with Gasteiger partial charge in [-0.25, -0.2) is 0 Å². The Morgan fingerprint density at radius 2 is 2.38 bits per heavy atom. The molecule has 1 amide bonds. The van der Waals surface area contributed by atoms with Crippen LogP contribution in [-0.4, -0.2) is 36.5 Å². The van der Waals surface area contributed by atoms with Gasteiger partial charge in [0.05, 0.1) is 0 Å². The number of rotatable bonds is 0. The van der Waals surface area contributed by atoms with E-state index in [1.54, 1.807) is 0 Å². The van der Waals surface area contributed by atoms with Crippen molar-refractivity contribution in [1.82, 2.24) is 10.2 Å². The molecule has 3 atom stereocenters. The van der Waals surface area contributed by atoms with E-state index in [9.17, 15) is 4.79 Å². The van der Waals surface area contributed by atoms with Crippen LogP contribution < -0.4 is 5.32 Å². The Labute approximate surface area is 78.5 Å². The quantitative estimate of drug-likeness (QED) is 0.516. The van der Waals surface area contributed by atoms with E-state index in [0.717, 1.165) is 19.6 Å². The van der Waals surface area contributed by atoms with E-state index in [1.165, 1.54) is 0 Å². The lowest BCUT2D eigenvalue weighted by molar-refractivity contribution is -0.126. The second-order valence-corrected chi connectivity index (χ2v) is 3.92. The van der Waals surface area contributed by atoms with Crippen LogP contribution in [0.5, 0.6) is 0 Å². The molecule has 2 saturated heterocycles. The average Bonchev–Trinajstić information content (AvgIpc) is 2.68. The molecular weight excluding hydrogens is 164 g/mol. The van der Waals surface area contributed by atoms with E-state index in [2.05, 4.69) is 18.2 Å². The third-order valence-corrected chi connectivity index (χ3v) is 3.32. The zero-order valence-electron chi connectivity index (χ0n) is 7.79. The fourth-order valence-corrected chi connectivity index (χ4v) is 2.52. The number of carbonyl (C=O) groups excluding carboxylic acids is 1. The van der Waals surface area contributed by atoms with E-state index in [0.29, 0.717) is 17.9 Å². The SMILES string of the molecule is C#CC(=O)N1CC2CNCC2C1C. The number of terminal acetylenes is 1. The van der Waals surface area contributed by atoms with Gasteiger partial charge in [0, 0.05) is 25.7 Å². The number of amides is 1. The average molecular weight is 178 g/mol. The van der Waals surface area contributed by atoms with Crippen molar-refractivity contribution in [2.75, 3.05) is 19.6 Å². The predicted octanol–water partition coefficient (Wildman–Crippen LogP) is -0.314. The number of nitrogens with one attached hydrogen (secondary N) is 1. The third kappa shape index (κ3) is 1.22. The lowest BCUT2D eigenvalue weighted by atomic mass is 9.95. The van der Waals surface area contributed by atoms with Gasteiger partial charge in [-0.1, -0.05) is 0 Å². The van der Waals surface area contributed by atoms with Crippen LogP contribution in [0.15, 0.2) is 0 Å². The molecule has 1 N–H and O–H groups in total. The van der Waals surface area contributed by atoms with Crippen molar-refractivity contribution in [2.45, 2.75) is 13.0 Å². The lowest BCUT2D eigenvalue weighted by Crippen LogP contribution is -2.37. The fraction of sp³-hybridized carbons (Fsp3) is 0.700. The maximum Gasteiger partial charge on any atom is 0.298 e. The van der Waals surface area contributed by atoms with Crippen molar-refractivity contribution in [3.8, 4) is 12.3 Å². The van der Waals surface area contributed by atoms with Gasteiger partial charge in [0.25, 0.3) is 5.91 Å². The standard InChI is InChI=1S/C10H14N2O/c1-3-10(13)12-6-8-4-11-5-9(8)7(12)2/h1,7-9,11H,4-6H2,2H3. The highest BCUT2D eigenvalue weighted by molar-refractivity contribution is 5.93. The van der Waals surface area contributed by atoms with Crippen LogP contribution >= 0.6 is 0 Å². The normalized spacial score (nSPS) is 37.2. The van der Waals surface area contributed by atoms with Crippen LogP contribution in [0.25, 0.3) is 0 Å². The Kier molecular flexibility index (Phi) is 2.01. The summed E-state index contributed by atoms with van der Waals surface area (Å²) < 4.78 is 0. The van der Waals surface area contributed by atoms with Crippen LogP contribution in [-0.2, 0) is 4.79 Å². The maximum atomic E-state index is 11.3. The van der Waals surface area contributed by atoms with Gasteiger partial charge in [-0.2, -0.15) is 0 Å². The van der Waals surface area contributed by atoms with Crippen LogP contribution in [0.2, 0.25) is 0 Å². The molecule has 13 heavy (non-hydrogen) atoms. The summed E-state index contributed by atoms with van der Waals surface area (Å²) in [5, 5.41) is 3.34. The molecule has 3 heteroatoms. The first kappa shape index (κ1) is 8.58. The summed E-state index contributed by atoms with van der Waals surface area (Å²) >= 11 is 0. The van der Waals surface area contributed by atoms with Gasteiger partial charge in [-0.05, 0) is 24.7 Å². The predicted molar refractivity (Wildman–Crippen MR) is 49.9 cm³/mol. The molecule has 2 fully saturated rings. The largest absolute Gasteiger partial charge is 0.329 e. The molecule has 2 heterocycles. The molecule has 0 aromatic rings. The molecule has 0 aromatic heterocycles. The van der Waals surface area contributed by atoms with Crippen LogP contribution in [0.4, 0.5) is 0 Å². The third-order valence-electron chi connectivity index (χ3n) is 3.32. The van der Waals surface area contributed by atoms with Crippen molar-refractivity contribution in [3.63, 3.8) is 0 Å². The first-order chi connectivity index (χ1) is 6.24. The van der Waals surface area contributed by atoms with E-state index in [4.69, 9.17) is 6.42 Å². The summed E-state index contributed by atoms with van der Waals surface area (Å²) in [6, 6.07) is 0.309. The zero-order chi connectivity index (χ0) is 9.42. The van der Waals surface area contributed by atoms with Crippen LogP contribution in [0, 0.1) is 24.2 Å². The minimum absolute atomic E-state index is 0.151. The number of hydrogen-bond acceptors (Lipinski definition) is 2. The number of hydrogen-bond donors (Lipinski definition) is 1. The Hall–Kier alpha value is -1.01. The van der Waals surface area contributed by atoms with Crippen molar-refractivity contribution in [3.05, 3.63) is 0 Å². The Morgan fingerprint density at radius 3 is 3.00 bits per heavy atom. The molecule has 0 aliphatic carbocycles. The van der Waals surface area contributed by atoms with E-state index >= 15 is 0 Å². The second-order valence-electron chi connectivity index (χ2n) is 3.92.